The van der Waals surface area contributed by atoms with Crippen LogP contribution < -0.4 is 4.90 Å². The first-order valence-electron chi connectivity index (χ1n) is 18.7. The SMILES string of the molecule is c1ccc(-c2ccc(-c3ccc4ccccc4c3)cc2N(c2cccc(-c3ccc4sc5ccccc5c4c3)c2)c2cccc3c2sc2ccccc23)cc1. The van der Waals surface area contributed by atoms with E-state index in [1.54, 1.807) is 0 Å². The summed E-state index contributed by atoms with van der Waals surface area (Å²) in [6.07, 6.45) is 0. The average Bonchev–Trinajstić information content (AvgIpc) is 3.83. The van der Waals surface area contributed by atoms with Crippen LogP contribution >= 0.6 is 22.7 Å². The Labute approximate surface area is 327 Å². The van der Waals surface area contributed by atoms with Crippen LogP contribution in [0.1, 0.15) is 0 Å². The van der Waals surface area contributed by atoms with Crippen molar-refractivity contribution in [1.29, 1.82) is 0 Å². The molecule has 2 heterocycles. The summed E-state index contributed by atoms with van der Waals surface area (Å²) < 4.78 is 5.21. The van der Waals surface area contributed by atoms with Gasteiger partial charge in [-0.05, 0) is 93.2 Å². The number of fused-ring (bicyclic) bond motifs is 7. The molecule has 11 rings (SSSR count). The maximum absolute atomic E-state index is 2.51. The zero-order chi connectivity index (χ0) is 36.3. The number of rotatable bonds is 6. The molecule has 2 aromatic heterocycles. The van der Waals surface area contributed by atoms with E-state index in [2.05, 4.69) is 205 Å². The molecular formula is C52H33NS2. The molecule has 9 aromatic carbocycles. The van der Waals surface area contributed by atoms with Crippen LogP contribution in [0.4, 0.5) is 17.1 Å². The Balaban J connectivity index is 1.17. The summed E-state index contributed by atoms with van der Waals surface area (Å²) in [4.78, 5) is 2.51. The zero-order valence-corrected chi connectivity index (χ0v) is 31.4. The van der Waals surface area contributed by atoms with Gasteiger partial charge in [-0.25, -0.2) is 0 Å². The molecular weight excluding hydrogens is 703 g/mol. The fourth-order valence-corrected chi connectivity index (χ4v) is 10.5. The van der Waals surface area contributed by atoms with Crippen molar-refractivity contribution in [3.8, 4) is 33.4 Å². The van der Waals surface area contributed by atoms with Crippen LogP contribution in [0, 0.1) is 0 Å². The van der Waals surface area contributed by atoms with E-state index in [9.17, 15) is 0 Å². The minimum atomic E-state index is 1.12. The van der Waals surface area contributed by atoms with Crippen molar-refractivity contribution in [2.75, 3.05) is 4.90 Å². The number of anilines is 3. The average molecular weight is 736 g/mol. The first-order valence-corrected chi connectivity index (χ1v) is 20.3. The van der Waals surface area contributed by atoms with Crippen LogP contribution in [0.5, 0.6) is 0 Å². The molecule has 55 heavy (non-hydrogen) atoms. The molecule has 0 saturated carbocycles. The third kappa shape index (κ3) is 5.51. The molecule has 0 N–H and O–H groups in total. The van der Waals surface area contributed by atoms with Gasteiger partial charge in [-0.15, -0.1) is 22.7 Å². The number of hydrogen-bond acceptors (Lipinski definition) is 3. The Morgan fingerprint density at radius 2 is 0.909 bits per heavy atom. The molecule has 1 nitrogen and oxygen atoms in total. The largest absolute Gasteiger partial charge is 0.308 e. The van der Waals surface area contributed by atoms with E-state index < -0.39 is 0 Å². The number of nitrogens with zero attached hydrogens (tertiary/aromatic N) is 1. The minimum Gasteiger partial charge on any atom is -0.308 e. The Hall–Kier alpha value is -6.52. The van der Waals surface area contributed by atoms with Gasteiger partial charge in [0.1, 0.15) is 0 Å². The summed E-state index contributed by atoms with van der Waals surface area (Å²) in [6.45, 7) is 0. The second kappa shape index (κ2) is 13.1. The van der Waals surface area contributed by atoms with Gasteiger partial charge in [-0.3, -0.25) is 0 Å². The molecule has 0 spiro atoms. The molecule has 0 aliphatic heterocycles. The summed E-state index contributed by atoms with van der Waals surface area (Å²) in [5.74, 6) is 0. The number of benzene rings is 9. The fourth-order valence-electron chi connectivity index (χ4n) is 8.17. The second-order valence-electron chi connectivity index (χ2n) is 14.1. The summed E-state index contributed by atoms with van der Waals surface area (Å²) in [7, 11) is 0. The van der Waals surface area contributed by atoms with Crippen molar-refractivity contribution in [2.45, 2.75) is 0 Å². The van der Waals surface area contributed by atoms with E-state index in [4.69, 9.17) is 0 Å². The standard InChI is InChI=1S/C52H33NS2/c1-2-13-35(14-3-1)42-28-26-40(38-25-24-34-12-4-5-15-36(34)30-38)33-48(42)53(47-21-11-20-45-43-18-6-9-23-50(43)55-52(45)47)41-17-10-16-37(31-41)39-27-29-51-46(32-39)44-19-7-8-22-49(44)54-51/h1-33H. The molecule has 0 aliphatic carbocycles. The monoisotopic (exact) mass is 735 g/mol. The Kier molecular flexibility index (Phi) is 7.61. The lowest BCUT2D eigenvalue weighted by molar-refractivity contribution is 1.30. The van der Waals surface area contributed by atoms with Crippen molar-refractivity contribution < 1.29 is 0 Å². The predicted octanol–water partition coefficient (Wildman–Crippen LogP) is 16.0. The highest BCUT2D eigenvalue weighted by molar-refractivity contribution is 7.26. The first kappa shape index (κ1) is 32.0. The van der Waals surface area contributed by atoms with Crippen molar-refractivity contribution in [3.05, 3.63) is 200 Å². The van der Waals surface area contributed by atoms with Crippen LogP contribution in [-0.2, 0) is 0 Å². The van der Waals surface area contributed by atoms with E-state index in [1.807, 2.05) is 22.7 Å². The lowest BCUT2D eigenvalue weighted by Crippen LogP contribution is -2.12. The molecule has 0 aliphatic rings. The maximum Gasteiger partial charge on any atom is 0.0640 e. The molecule has 11 aromatic rings. The Morgan fingerprint density at radius 3 is 1.78 bits per heavy atom. The maximum atomic E-state index is 2.51. The topological polar surface area (TPSA) is 3.24 Å². The van der Waals surface area contributed by atoms with Crippen LogP contribution in [0.2, 0.25) is 0 Å². The van der Waals surface area contributed by atoms with Crippen LogP contribution in [0.15, 0.2) is 200 Å². The molecule has 258 valence electrons. The fraction of sp³-hybridized carbons (Fsp3) is 0. The lowest BCUT2D eigenvalue weighted by atomic mass is 9.95. The van der Waals surface area contributed by atoms with Gasteiger partial charge in [0.25, 0.3) is 0 Å². The highest BCUT2D eigenvalue weighted by atomic mass is 32.1. The summed E-state index contributed by atoms with van der Waals surface area (Å²) in [5.41, 5.74) is 10.6. The zero-order valence-electron chi connectivity index (χ0n) is 29.8. The van der Waals surface area contributed by atoms with Crippen LogP contribution in [0.25, 0.3) is 84.5 Å². The van der Waals surface area contributed by atoms with Gasteiger partial charge in [0.15, 0.2) is 0 Å². The summed E-state index contributed by atoms with van der Waals surface area (Å²) >= 11 is 3.74. The first-order chi connectivity index (χ1) is 27.2. The van der Waals surface area contributed by atoms with Crippen molar-refractivity contribution in [2.24, 2.45) is 0 Å². The van der Waals surface area contributed by atoms with Crippen LogP contribution in [0.3, 0.4) is 0 Å². The van der Waals surface area contributed by atoms with E-state index in [1.165, 1.54) is 90.2 Å². The molecule has 0 unspecified atom stereocenters. The number of thiophene rings is 2. The van der Waals surface area contributed by atoms with E-state index in [-0.39, 0.29) is 0 Å². The van der Waals surface area contributed by atoms with Crippen molar-refractivity contribution in [1.82, 2.24) is 0 Å². The molecule has 3 heteroatoms. The minimum absolute atomic E-state index is 1.12. The Morgan fingerprint density at radius 1 is 0.309 bits per heavy atom. The van der Waals surface area contributed by atoms with Gasteiger partial charge >= 0.3 is 0 Å². The molecule has 0 bridgehead atoms. The van der Waals surface area contributed by atoms with E-state index in [0.717, 1.165) is 11.4 Å². The normalized spacial score (nSPS) is 11.6. The molecule has 0 radical (unpaired) electrons. The molecule has 0 fully saturated rings. The second-order valence-corrected chi connectivity index (χ2v) is 16.2. The number of hydrogen-bond donors (Lipinski definition) is 0. The van der Waals surface area contributed by atoms with Gasteiger partial charge in [-0.2, -0.15) is 0 Å². The lowest BCUT2D eigenvalue weighted by Gasteiger charge is -2.29. The third-order valence-electron chi connectivity index (χ3n) is 10.8. The quantitative estimate of drug-likeness (QED) is 0.164. The summed E-state index contributed by atoms with van der Waals surface area (Å²) in [6, 6.07) is 73.6. The van der Waals surface area contributed by atoms with Crippen LogP contribution in [-0.4, -0.2) is 0 Å². The van der Waals surface area contributed by atoms with Gasteiger partial charge < -0.3 is 4.90 Å². The molecule has 0 atom stereocenters. The third-order valence-corrected chi connectivity index (χ3v) is 13.2. The van der Waals surface area contributed by atoms with Crippen molar-refractivity contribution >= 4 is 90.9 Å². The van der Waals surface area contributed by atoms with Gasteiger partial charge in [0.05, 0.1) is 16.1 Å². The van der Waals surface area contributed by atoms with Crippen molar-refractivity contribution in [3.63, 3.8) is 0 Å². The van der Waals surface area contributed by atoms with Gasteiger partial charge in [0.2, 0.25) is 0 Å². The van der Waals surface area contributed by atoms with E-state index >= 15 is 0 Å². The molecule has 0 saturated heterocycles. The highest BCUT2D eigenvalue weighted by Crippen LogP contribution is 2.49. The van der Waals surface area contributed by atoms with E-state index in [0.29, 0.717) is 0 Å². The van der Waals surface area contributed by atoms with Gasteiger partial charge in [0, 0.05) is 46.9 Å². The Bertz CT molecular complexity index is 3220. The summed E-state index contributed by atoms with van der Waals surface area (Å²) in [5, 5.41) is 7.68. The highest BCUT2D eigenvalue weighted by Gasteiger charge is 2.22. The van der Waals surface area contributed by atoms with Gasteiger partial charge in [-0.1, -0.05) is 146 Å². The molecule has 0 amide bonds. The smallest absolute Gasteiger partial charge is 0.0640 e. The predicted molar refractivity (Wildman–Crippen MR) is 241 cm³/mol.